The first-order valence-electron chi connectivity index (χ1n) is 11.4. The van der Waals surface area contributed by atoms with Crippen LogP contribution in [0.5, 0.6) is 0 Å². The first-order valence-corrected chi connectivity index (χ1v) is 11.4. The maximum Gasteiger partial charge on any atom is 0.255 e. The summed E-state index contributed by atoms with van der Waals surface area (Å²) in [5.74, 6) is 1.43. The highest BCUT2D eigenvalue weighted by atomic mass is 16.1. The van der Waals surface area contributed by atoms with E-state index in [4.69, 9.17) is 4.98 Å². The van der Waals surface area contributed by atoms with Crippen LogP contribution in [-0.4, -0.2) is 80.6 Å². The van der Waals surface area contributed by atoms with Crippen LogP contribution in [0.3, 0.4) is 0 Å². The lowest BCUT2D eigenvalue weighted by atomic mass is 9.96. The van der Waals surface area contributed by atoms with Crippen LogP contribution in [0.2, 0.25) is 0 Å². The van der Waals surface area contributed by atoms with E-state index in [0.29, 0.717) is 5.92 Å². The second-order valence-electron chi connectivity index (χ2n) is 9.04. The molecule has 0 unspecified atom stereocenters. The third-order valence-electron chi connectivity index (χ3n) is 6.48. The first-order chi connectivity index (χ1) is 14.6. The van der Waals surface area contributed by atoms with E-state index < -0.39 is 0 Å². The number of nitrogens with one attached hydrogen (secondary N) is 1. The quantitative estimate of drug-likeness (QED) is 0.762. The van der Waals surface area contributed by atoms with Crippen LogP contribution in [0.25, 0.3) is 10.9 Å². The van der Waals surface area contributed by atoms with Crippen molar-refractivity contribution in [2.24, 2.45) is 5.92 Å². The van der Waals surface area contributed by atoms with Crippen molar-refractivity contribution < 1.29 is 4.79 Å². The van der Waals surface area contributed by atoms with E-state index in [0.717, 1.165) is 80.9 Å². The number of pyridine rings is 1. The van der Waals surface area contributed by atoms with Gasteiger partial charge in [0.25, 0.3) is 5.91 Å². The summed E-state index contributed by atoms with van der Waals surface area (Å²) in [5, 5.41) is 4.26. The van der Waals surface area contributed by atoms with E-state index in [9.17, 15) is 4.79 Å². The molecule has 1 N–H and O–H groups in total. The standard InChI is InChI=1S/C24H35N5O/c1-27(2)15-16-28-13-9-19(10-14-28)18-25-24(30)21-17-20-7-3-4-8-22(20)26-23(21)29-11-5-6-12-29/h3-4,7-8,17,19H,5-6,9-16,18H2,1-2H3,(H,25,30). The molecule has 0 atom stereocenters. The molecule has 6 nitrogen and oxygen atoms in total. The highest BCUT2D eigenvalue weighted by Crippen LogP contribution is 2.27. The van der Waals surface area contributed by atoms with Crippen molar-refractivity contribution >= 4 is 22.6 Å². The number of nitrogens with zero attached hydrogens (tertiary/aromatic N) is 4. The van der Waals surface area contributed by atoms with Crippen molar-refractivity contribution in [2.45, 2.75) is 25.7 Å². The van der Waals surface area contributed by atoms with Gasteiger partial charge in [0.2, 0.25) is 0 Å². The Labute approximate surface area is 180 Å². The van der Waals surface area contributed by atoms with Gasteiger partial charge >= 0.3 is 0 Å². The molecular formula is C24H35N5O. The number of para-hydroxylation sites is 1. The zero-order valence-corrected chi connectivity index (χ0v) is 18.4. The monoisotopic (exact) mass is 409 g/mol. The summed E-state index contributed by atoms with van der Waals surface area (Å²) in [5.41, 5.74) is 1.68. The molecule has 30 heavy (non-hydrogen) atoms. The minimum Gasteiger partial charge on any atom is -0.356 e. The number of likely N-dealkylation sites (tertiary alicyclic amines) is 1. The number of fused-ring (bicyclic) bond motifs is 1. The van der Waals surface area contributed by atoms with Gasteiger partial charge in [0, 0.05) is 38.1 Å². The number of carbonyl (C=O) groups is 1. The zero-order chi connectivity index (χ0) is 20.9. The highest BCUT2D eigenvalue weighted by molar-refractivity contribution is 6.02. The number of likely N-dealkylation sites (N-methyl/N-ethyl adjacent to an activating group) is 1. The average Bonchev–Trinajstić information content (AvgIpc) is 3.30. The summed E-state index contributed by atoms with van der Waals surface area (Å²) >= 11 is 0. The minimum absolute atomic E-state index is 0.0187. The van der Waals surface area contributed by atoms with E-state index in [1.165, 1.54) is 12.8 Å². The number of hydrogen-bond donors (Lipinski definition) is 1. The number of rotatable bonds is 7. The number of aromatic nitrogens is 1. The Kier molecular flexibility index (Phi) is 6.85. The fraction of sp³-hybridized carbons (Fsp3) is 0.583. The van der Waals surface area contributed by atoms with Crippen LogP contribution in [0.15, 0.2) is 30.3 Å². The van der Waals surface area contributed by atoms with Gasteiger partial charge in [0.1, 0.15) is 5.82 Å². The summed E-state index contributed by atoms with van der Waals surface area (Å²) in [7, 11) is 4.25. The van der Waals surface area contributed by atoms with Crippen LogP contribution >= 0.6 is 0 Å². The maximum absolute atomic E-state index is 13.2. The third kappa shape index (κ3) is 5.10. The van der Waals surface area contributed by atoms with Crippen molar-refractivity contribution in [1.29, 1.82) is 0 Å². The molecule has 0 radical (unpaired) electrons. The molecule has 1 aromatic heterocycles. The topological polar surface area (TPSA) is 51.7 Å². The highest BCUT2D eigenvalue weighted by Gasteiger charge is 2.24. The molecule has 3 heterocycles. The molecule has 1 amide bonds. The van der Waals surface area contributed by atoms with Crippen LogP contribution in [0.1, 0.15) is 36.0 Å². The molecule has 1 aromatic carbocycles. The predicted octanol–water partition coefficient (Wildman–Crippen LogP) is 2.84. The van der Waals surface area contributed by atoms with Gasteiger partial charge in [-0.2, -0.15) is 0 Å². The largest absolute Gasteiger partial charge is 0.356 e. The number of benzene rings is 1. The molecule has 0 bridgehead atoms. The van der Waals surface area contributed by atoms with Crippen molar-refractivity contribution in [2.75, 3.05) is 64.8 Å². The fourth-order valence-electron chi connectivity index (χ4n) is 4.53. The molecule has 2 aliphatic rings. The Morgan fingerprint density at radius 3 is 2.60 bits per heavy atom. The molecule has 2 saturated heterocycles. The van der Waals surface area contributed by atoms with Crippen molar-refractivity contribution in [3.8, 4) is 0 Å². The van der Waals surface area contributed by atoms with Gasteiger partial charge in [0.05, 0.1) is 11.1 Å². The van der Waals surface area contributed by atoms with E-state index in [-0.39, 0.29) is 5.91 Å². The lowest BCUT2D eigenvalue weighted by molar-refractivity contribution is 0.0935. The predicted molar refractivity (Wildman–Crippen MR) is 123 cm³/mol. The van der Waals surface area contributed by atoms with Gasteiger partial charge in [-0.3, -0.25) is 4.79 Å². The van der Waals surface area contributed by atoms with Crippen molar-refractivity contribution in [3.05, 3.63) is 35.9 Å². The second-order valence-corrected chi connectivity index (χ2v) is 9.04. The average molecular weight is 410 g/mol. The summed E-state index contributed by atoms with van der Waals surface area (Å²) in [4.78, 5) is 25.1. The van der Waals surface area contributed by atoms with Gasteiger partial charge in [-0.05, 0) is 70.9 Å². The van der Waals surface area contributed by atoms with Gasteiger partial charge < -0.3 is 20.0 Å². The molecule has 0 saturated carbocycles. The zero-order valence-electron chi connectivity index (χ0n) is 18.4. The fourth-order valence-corrected chi connectivity index (χ4v) is 4.53. The van der Waals surface area contributed by atoms with Gasteiger partial charge in [0.15, 0.2) is 0 Å². The van der Waals surface area contributed by atoms with E-state index >= 15 is 0 Å². The first kappa shape index (κ1) is 21.1. The van der Waals surface area contributed by atoms with Gasteiger partial charge in [-0.15, -0.1) is 0 Å². The third-order valence-corrected chi connectivity index (χ3v) is 6.48. The molecular weight excluding hydrogens is 374 g/mol. The van der Waals surface area contributed by atoms with Gasteiger partial charge in [-0.25, -0.2) is 4.98 Å². The molecule has 2 fully saturated rings. The van der Waals surface area contributed by atoms with E-state index in [1.54, 1.807) is 0 Å². The molecule has 162 valence electrons. The molecule has 6 heteroatoms. The Hall–Kier alpha value is -2.18. The van der Waals surface area contributed by atoms with E-state index in [2.05, 4.69) is 34.1 Å². The van der Waals surface area contributed by atoms with Crippen LogP contribution in [0, 0.1) is 5.92 Å². The SMILES string of the molecule is CN(C)CCN1CCC(CNC(=O)c2cc3ccccc3nc2N2CCCC2)CC1. The summed E-state index contributed by atoms with van der Waals surface area (Å²) in [6.07, 6.45) is 4.65. The Balaban J connectivity index is 1.39. The van der Waals surface area contributed by atoms with Gasteiger partial charge in [-0.1, -0.05) is 18.2 Å². The number of anilines is 1. The minimum atomic E-state index is 0.0187. The molecule has 0 spiro atoms. The lowest BCUT2D eigenvalue weighted by Crippen LogP contribution is -2.41. The van der Waals surface area contributed by atoms with Crippen LogP contribution in [-0.2, 0) is 0 Å². The maximum atomic E-state index is 13.2. The number of carbonyl (C=O) groups excluding carboxylic acids is 1. The summed E-state index contributed by atoms with van der Waals surface area (Å²) in [6.45, 7) is 7.22. The Morgan fingerprint density at radius 2 is 1.87 bits per heavy atom. The molecule has 2 aromatic rings. The molecule has 0 aliphatic carbocycles. The normalized spacial score (nSPS) is 18.4. The summed E-state index contributed by atoms with van der Waals surface area (Å²) in [6, 6.07) is 10.1. The van der Waals surface area contributed by atoms with E-state index in [1.807, 2.05) is 30.3 Å². The smallest absolute Gasteiger partial charge is 0.255 e. The van der Waals surface area contributed by atoms with Crippen molar-refractivity contribution in [1.82, 2.24) is 20.1 Å². The number of amides is 1. The van der Waals surface area contributed by atoms with Crippen molar-refractivity contribution in [3.63, 3.8) is 0 Å². The molecule has 4 rings (SSSR count). The summed E-state index contributed by atoms with van der Waals surface area (Å²) < 4.78 is 0. The van der Waals surface area contributed by atoms with Crippen LogP contribution in [0.4, 0.5) is 5.82 Å². The van der Waals surface area contributed by atoms with Crippen LogP contribution < -0.4 is 10.2 Å². The Bertz CT molecular complexity index is 854. The molecule has 2 aliphatic heterocycles. The number of hydrogen-bond acceptors (Lipinski definition) is 5. The Morgan fingerprint density at radius 1 is 1.13 bits per heavy atom. The lowest BCUT2D eigenvalue weighted by Gasteiger charge is -2.32. The number of piperidine rings is 1. The second kappa shape index (κ2) is 9.75.